The van der Waals surface area contributed by atoms with Crippen molar-refractivity contribution in [3.63, 3.8) is 0 Å². The zero-order valence-corrected chi connectivity index (χ0v) is 12.5. The number of nitrogens with one attached hydrogen (secondary N) is 2. The summed E-state index contributed by atoms with van der Waals surface area (Å²) >= 11 is 6.01. The molecule has 0 fully saturated rings. The Morgan fingerprint density at radius 1 is 1.47 bits per heavy atom. The minimum Gasteiger partial charge on any atom is -0.357 e. The van der Waals surface area contributed by atoms with Crippen LogP contribution in [0.5, 0.6) is 0 Å². The van der Waals surface area contributed by atoms with Crippen LogP contribution < -0.4 is 10.6 Å². The van der Waals surface area contributed by atoms with Crippen molar-refractivity contribution in [2.75, 3.05) is 30.8 Å². The van der Waals surface area contributed by atoms with E-state index >= 15 is 0 Å². The number of halogens is 1. The third-order valence-corrected chi connectivity index (χ3v) is 3.04. The maximum absolute atomic E-state index is 12.1. The van der Waals surface area contributed by atoms with Crippen LogP contribution in [-0.4, -0.2) is 47.0 Å². The van der Waals surface area contributed by atoms with Gasteiger partial charge in [0.1, 0.15) is 11.1 Å². The van der Waals surface area contributed by atoms with Crippen molar-refractivity contribution in [3.05, 3.63) is 11.2 Å². The predicted molar refractivity (Wildman–Crippen MR) is 77.6 cm³/mol. The van der Waals surface area contributed by atoms with Crippen LogP contribution in [0.1, 0.15) is 20.8 Å². The Hall–Kier alpha value is -1.56. The van der Waals surface area contributed by atoms with Crippen molar-refractivity contribution in [1.29, 1.82) is 0 Å². The highest BCUT2D eigenvalue weighted by Crippen LogP contribution is 2.20. The highest BCUT2D eigenvalue weighted by molar-refractivity contribution is 6.32. The molecule has 0 radical (unpaired) electrons. The molecule has 0 spiro atoms. The summed E-state index contributed by atoms with van der Waals surface area (Å²) in [5, 5.41) is 6.23. The molecule has 0 aliphatic heterocycles. The molecule has 0 saturated heterocycles. The minimum absolute atomic E-state index is 0.0192. The number of carbonyl (C=O) groups is 1. The highest BCUT2D eigenvalue weighted by Gasteiger charge is 2.19. The maximum Gasteiger partial charge on any atom is 0.244 e. The van der Waals surface area contributed by atoms with Gasteiger partial charge in [0, 0.05) is 20.1 Å². The highest BCUT2D eigenvalue weighted by atomic mass is 35.5. The molecular weight excluding hydrogens is 266 g/mol. The summed E-state index contributed by atoms with van der Waals surface area (Å²) in [6.45, 7) is 7.05. The van der Waals surface area contributed by atoms with Gasteiger partial charge >= 0.3 is 0 Å². The van der Waals surface area contributed by atoms with Crippen LogP contribution in [0.4, 0.5) is 11.8 Å². The zero-order valence-electron chi connectivity index (χ0n) is 11.7. The van der Waals surface area contributed by atoms with Gasteiger partial charge in [-0.15, -0.1) is 0 Å². The molecule has 19 heavy (non-hydrogen) atoms. The van der Waals surface area contributed by atoms with E-state index in [4.69, 9.17) is 11.6 Å². The Bertz CT molecular complexity index is 436. The number of anilines is 2. The predicted octanol–water partition coefficient (Wildman–Crippen LogP) is 1.84. The van der Waals surface area contributed by atoms with Crippen molar-refractivity contribution >= 4 is 29.3 Å². The second-order valence-corrected chi connectivity index (χ2v) is 4.42. The average molecular weight is 286 g/mol. The fraction of sp³-hybridized carbons (Fsp3) is 0.583. The van der Waals surface area contributed by atoms with E-state index in [2.05, 4.69) is 20.6 Å². The Labute approximate surface area is 118 Å². The molecule has 0 bridgehead atoms. The smallest absolute Gasteiger partial charge is 0.244 e. The van der Waals surface area contributed by atoms with E-state index in [1.807, 2.05) is 13.8 Å². The number of nitrogens with zero attached hydrogens (tertiary/aromatic N) is 3. The number of aromatic nitrogens is 2. The van der Waals surface area contributed by atoms with Gasteiger partial charge in [-0.1, -0.05) is 11.6 Å². The van der Waals surface area contributed by atoms with E-state index in [-0.39, 0.29) is 5.91 Å². The van der Waals surface area contributed by atoms with Crippen molar-refractivity contribution < 1.29 is 4.79 Å². The Morgan fingerprint density at radius 2 is 2.11 bits per heavy atom. The number of hydrogen-bond donors (Lipinski definition) is 2. The molecule has 0 aliphatic rings. The van der Waals surface area contributed by atoms with Gasteiger partial charge in [-0.05, 0) is 20.8 Å². The van der Waals surface area contributed by atoms with Gasteiger partial charge in [0.15, 0.2) is 5.82 Å². The molecule has 0 saturated carbocycles. The zero-order chi connectivity index (χ0) is 14.4. The van der Waals surface area contributed by atoms with Crippen molar-refractivity contribution in [1.82, 2.24) is 14.9 Å². The Kier molecular flexibility index (Phi) is 5.82. The number of likely N-dealkylation sites (N-methyl/N-ethyl adjacent to an activating group) is 1. The second kappa shape index (κ2) is 7.13. The standard InChI is InChI=1S/C12H20ClN5O/c1-5-18(6-2)11(19)8(3)16-10-9(13)7-15-12(14-4)17-10/h7-8H,5-6H2,1-4H3,(H2,14,15,16,17). The molecule has 7 heteroatoms. The van der Waals surface area contributed by atoms with Crippen LogP contribution >= 0.6 is 11.6 Å². The monoisotopic (exact) mass is 285 g/mol. The molecule has 0 aromatic carbocycles. The molecule has 1 rings (SSSR count). The lowest BCUT2D eigenvalue weighted by Crippen LogP contribution is -2.41. The fourth-order valence-corrected chi connectivity index (χ4v) is 1.81. The molecule has 1 heterocycles. The van der Waals surface area contributed by atoms with Gasteiger partial charge in [-0.3, -0.25) is 4.79 Å². The molecule has 1 amide bonds. The van der Waals surface area contributed by atoms with Gasteiger partial charge in [0.25, 0.3) is 0 Å². The van der Waals surface area contributed by atoms with E-state index < -0.39 is 6.04 Å². The molecule has 1 unspecified atom stereocenters. The lowest BCUT2D eigenvalue weighted by molar-refractivity contribution is -0.131. The van der Waals surface area contributed by atoms with Crippen molar-refractivity contribution in [2.45, 2.75) is 26.8 Å². The SMILES string of the molecule is CCN(CC)C(=O)C(C)Nc1nc(NC)ncc1Cl. The summed E-state index contributed by atoms with van der Waals surface area (Å²) < 4.78 is 0. The number of carbonyl (C=O) groups excluding carboxylic acids is 1. The molecule has 106 valence electrons. The van der Waals surface area contributed by atoms with E-state index in [1.165, 1.54) is 6.20 Å². The first kappa shape index (κ1) is 15.5. The van der Waals surface area contributed by atoms with E-state index in [0.29, 0.717) is 29.9 Å². The third-order valence-electron chi connectivity index (χ3n) is 2.77. The van der Waals surface area contributed by atoms with E-state index in [0.717, 1.165) is 0 Å². The normalized spacial score (nSPS) is 11.8. The van der Waals surface area contributed by atoms with Gasteiger partial charge in [-0.25, -0.2) is 4.98 Å². The first-order valence-corrected chi connectivity index (χ1v) is 6.66. The van der Waals surface area contributed by atoms with E-state index in [1.54, 1.807) is 18.9 Å². The molecule has 6 nitrogen and oxygen atoms in total. The number of rotatable bonds is 6. The molecular formula is C12H20ClN5O. The molecule has 2 N–H and O–H groups in total. The lowest BCUT2D eigenvalue weighted by atomic mass is 10.2. The summed E-state index contributed by atoms with van der Waals surface area (Å²) in [6, 6.07) is -0.392. The quantitative estimate of drug-likeness (QED) is 0.835. The first-order chi connectivity index (χ1) is 9.03. The molecule has 1 aromatic rings. The van der Waals surface area contributed by atoms with Crippen LogP contribution in [0.3, 0.4) is 0 Å². The Morgan fingerprint density at radius 3 is 2.63 bits per heavy atom. The van der Waals surface area contributed by atoms with Crippen LogP contribution in [0.25, 0.3) is 0 Å². The van der Waals surface area contributed by atoms with Gasteiger partial charge in [0.05, 0.1) is 6.20 Å². The van der Waals surface area contributed by atoms with Crippen LogP contribution in [0.2, 0.25) is 5.02 Å². The third kappa shape index (κ3) is 3.96. The number of amides is 1. The largest absolute Gasteiger partial charge is 0.357 e. The van der Waals surface area contributed by atoms with Crippen molar-refractivity contribution in [3.8, 4) is 0 Å². The lowest BCUT2D eigenvalue weighted by Gasteiger charge is -2.24. The van der Waals surface area contributed by atoms with E-state index in [9.17, 15) is 4.79 Å². The fourth-order valence-electron chi connectivity index (χ4n) is 1.66. The van der Waals surface area contributed by atoms with Gasteiger partial charge < -0.3 is 15.5 Å². The van der Waals surface area contributed by atoms with Crippen LogP contribution in [0.15, 0.2) is 6.20 Å². The summed E-state index contributed by atoms with van der Waals surface area (Å²) in [7, 11) is 1.72. The second-order valence-electron chi connectivity index (χ2n) is 4.02. The van der Waals surface area contributed by atoms with Crippen molar-refractivity contribution in [2.24, 2.45) is 0 Å². The maximum atomic E-state index is 12.1. The van der Waals surface area contributed by atoms with Crippen LogP contribution in [0, 0.1) is 0 Å². The minimum atomic E-state index is -0.392. The first-order valence-electron chi connectivity index (χ1n) is 6.29. The van der Waals surface area contributed by atoms with Gasteiger partial charge in [-0.2, -0.15) is 4.98 Å². The summed E-state index contributed by atoms with van der Waals surface area (Å²) in [6.07, 6.45) is 1.50. The summed E-state index contributed by atoms with van der Waals surface area (Å²) in [4.78, 5) is 22.1. The molecule has 1 atom stereocenters. The molecule has 1 aromatic heterocycles. The molecule has 0 aliphatic carbocycles. The topological polar surface area (TPSA) is 70.2 Å². The average Bonchev–Trinajstić information content (AvgIpc) is 2.42. The summed E-state index contributed by atoms with van der Waals surface area (Å²) in [5.41, 5.74) is 0. The Balaban J connectivity index is 2.81. The summed E-state index contributed by atoms with van der Waals surface area (Å²) in [5.74, 6) is 0.925. The number of hydrogen-bond acceptors (Lipinski definition) is 5. The van der Waals surface area contributed by atoms with Gasteiger partial charge in [0.2, 0.25) is 11.9 Å². The van der Waals surface area contributed by atoms with Crippen LogP contribution in [-0.2, 0) is 4.79 Å².